The summed E-state index contributed by atoms with van der Waals surface area (Å²) in [4.78, 5) is 8.65. The van der Waals surface area contributed by atoms with Gasteiger partial charge in [0, 0.05) is 0 Å². The molecular weight excluding hydrogens is 508 g/mol. The van der Waals surface area contributed by atoms with Crippen molar-refractivity contribution in [1.29, 1.82) is 0 Å². The lowest BCUT2D eigenvalue weighted by Gasteiger charge is -2.20. The number of ether oxygens (including phenoxy) is 2. The molecule has 0 unspecified atom stereocenters. The van der Waals surface area contributed by atoms with Gasteiger partial charge >= 0.3 is 0 Å². The molecule has 0 radical (unpaired) electrons. The fourth-order valence-electron chi connectivity index (χ4n) is 2.76. The molecule has 3 rings (SSSR count). The van der Waals surface area contributed by atoms with Gasteiger partial charge in [-0.1, -0.05) is 53.7 Å². The quantitative estimate of drug-likeness (QED) is 0.339. The van der Waals surface area contributed by atoms with Gasteiger partial charge in [0.15, 0.2) is 0 Å². The molecule has 0 spiro atoms. The lowest BCUT2D eigenvalue weighted by atomic mass is 9.87. The zero-order valence-electron chi connectivity index (χ0n) is 18.1. The third-order valence-corrected chi connectivity index (χ3v) is 5.85. The summed E-state index contributed by atoms with van der Waals surface area (Å²) in [7, 11) is 0. The zero-order chi connectivity index (χ0) is 22.1. The van der Waals surface area contributed by atoms with Gasteiger partial charge in [-0.2, -0.15) is 4.98 Å². The topological polar surface area (TPSA) is 44.2 Å². The summed E-state index contributed by atoms with van der Waals surface area (Å²) in [5, 5.41) is 0. The summed E-state index contributed by atoms with van der Waals surface area (Å²) >= 11 is 7.18. The van der Waals surface area contributed by atoms with Crippen molar-refractivity contribution in [2.24, 2.45) is 0 Å². The van der Waals surface area contributed by atoms with Crippen molar-refractivity contribution in [3.63, 3.8) is 0 Å². The summed E-state index contributed by atoms with van der Waals surface area (Å²) in [6, 6.07) is 12.1. The highest BCUT2D eigenvalue weighted by molar-refractivity contribution is 9.10. The number of benzene rings is 2. The van der Waals surface area contributed by atoms with Gasteiger partial charge in [0.05, 0.1) is 21.3 Å². The molecule has 3 aromatic rings. The predicted octanol–water partition coefficient (Wildman–Crippen LogP) is 8.18. The second kappa shape index (κ2) is 8.67. The molecule has 0 aliphatic heterocycles. The fourth-order valence-corrected chi connectivity index (χ4v) is 3.67. The molecular formula is C24H26Br2N2O2. The maximum atomic E-state index is 5.94. The van der Waals surface area contributed by atoms with Gasteiger partial charge in [-0.3, -0.25) is 4.98 Å². The van der Waals surface area contributed by atoms with Crippen molar-refractivity contribution in [2.75, 3.05) is 0 Å². The third kappa shape index (κ3) is 5.61. The highest BCUT2D eigenvalue weighted by atomic mass is 79.9. The van der Waals surface area contributed by atoms with Crippen LogP contribution >= 0.6 is 31.9 Å². The average Bonchev–Trinajstić information content (AvgIpc) is 2.64. The second-order valence-corrected chi connectivity index (χ2v) is 10.9. The minimum absolute atomic E-state index is 0.0601. The number of nitrogens with zero attached hydrogens (tertiary/aromatic N) is 2. The molecule has 158 valence electrons. The summed E-state index contributed by atoms with van der Waals surface area (Å²) < 4.78 is 13.6. The Balaban J connectivity index is 1.79. The number of rotatable bonds is 4. The Morgan fingerprint density at radius 3 is 1.40 bits per heavy atom. The first-order valence-electron chi connectivity index (χ1n) is 9.71. The lowest BCUT2D eigenvalue weighted by molar-refractivity contribution is 0.418. The van der Waals surface area contributed by atoms with Crippen LogP contribution in [0.15, 0.2) is 57.7 Å². The van der Waals surface area contributed by atoms with Crippen LogP contribution in [0.2, 0.25) is 0 Å². The standard InChI is InChI=1S/C24H26Br2N2O2/c1-23(2,3)15-7-9-19(17(25)11-15)29-21-13-27-14-22(28-21)30-20-10-8-16(12-18(20)26)24(4,5)6/h7-14H,1-6H3. The Labute approximate surface area is 195 Å². The molecule has 0 saturated heterocycles. The van der Waals surface area contributed by atoms with Gasteiger partial charge in [0.2, 0.25) is 11.8 Å². The first-order chi connectivity index (χ1) is 13.9. The number of halogens is 2. The van der Waals surface area contributed by atoms with Gasteiger partial charge in [0.25, 0.3) is 0 Å². The van der Waals surface area contributed by atoms with E-state index in [4.69, 9.17) is 9.47 Å². The van der Waals surface area contributed by atoms with Crippen molar-refractivity contribution in [3.8, 4) is 23.3 Å². The van der Waals surface area contributed by atoms with Crippen molar-refractivity contribution in [1.82, 2.24) is 9.97 Å². The molecule has 0 aliphatic rings. The van der Waals surface area contributed by atoms with Crippen molar-refractivity contribution in [2.45, 2.75) is 52.4 Å². The Morgan fingerprint density at radius 2 is 1.07 bits per heavy atom. The molecule has 0 amide bonds. The van der Waals surface area contributed by atoms with Crippen LogP contribution < -0.4 is 9.47 Å². The molecule has 2 aromatic carbocycles. The first kappa shape index (κ1) is 22.8. The van der Waals surface area contributed by atoms with Crippen LogP contribution in [0, 0.1) is 0 Å². The number of hydrogen-bond donors (Lipinski definition) is 0. The summed E-state index contributed by atoms with van der Waals surface area (Å²) in [6.07, 6.45) is 3.13. The Bertz CT molecular complexity index is 973. The molecule has 0 atom stereocenters. The zero-order valence-corrected chi connectivity index (χ0v) is 21.3. The van der Waals surface area contributed by atoms with Crippen molar-refractivity contribution in [3.05, 3.63) is 68.9 Å². The highest BCUT2D eigenvalue weighted by Crippen LogP contribution is 2.36. The van der Waals surface area contributed by atoms with E-state index in [0.29, 0.717) is 23.3 Å². The average molecular weight is 534 g/mol. The summed E-state index contributed by atoms with van der Waals surface area (Å²) in [5.41, 5.74) is 2.55. The van der Waals surface area contributed by atoms with Crippen molar-refractivity contribution >= 4 is 31.9 Å². The molecule has 0 aliphatic carbocycles. The van der Waals surface area contributed by atoms with E-state index in [1.807, 2.05) is 12.1 Å². The molecule has 0 bridgehead atoms. The van der Waals surface area contributed by atoms with Crippen LogP contribution in [0.25, 0.3) is 0 Å². The van der Waals surface area contributed by atoms with Crippen LogP contribution in [-0.2, 0) is 10.8 Å². The van der Waals surface area contributed by atoms with Gasteiger partial charge in [-0.25, -0.2) is 0 Å². The van der Waals surface area contributed by atoms with E-state index in [9.17, 15) is 0 Å². The van der Waals surface area contributed by atoms with Gasteiger partial charge in [-0.15, -0.1) is 0 Å². The van der Waals surface area contributed by atoms with Crippen LogP contribution in [0.4, 0.5) is 0 Å². The van der Waals surface area contributed by atoms with E-state index in [2.05, 4.69) is 108 Å². The Kier molecular flexibility index (Phi) is 6.58. The largest absolute Gasteiger partial charge is 0.436 e. The molecule has 1 aromatic heterocycles. The van der Waals surface area contributed by atoms with E-state index in [0.717, 1.165) is 8.95 Å². The maximum absolute atomic E-state index is 5.94. The van der Waals surface area contributed by atoms with E-state index in [1.165, 1.54) is 11.1 Å². The second-order valence-electron chi connectivity index (χ2n) is 9.19. The van der Waals surface area contributed by atoms with Crippen LogP contribution in [0.5, 0.6) is 23.3 Å². The maximum Gasteiger partial charge on any atom is 0.241 e. The summed E-state index contributed by atoms with van der Waals surface area (Å²) in [5.74, 6) is 2.06. The fraction of sp³-hybridized carbons (Fsp3) is 0.333. The minimum atomic E-state index is 0.0601. The van der Waals surface area contributed by atoms with E-state index < -0.39 is 0 Å². The lowest BCUT2D eigenvalue weighted by Crippen LogP contribution is -2.10. The van der Waals surface area contributed by atoms with Gasteiger partial charge in [-0.05, 0) is 78.1 Å². The molecule has 30 heavy (non-hydrogen) atoms. The SMILES string of the molecule is CC(C)(C)c1ccc(Oc2cncc(Oc3ccc(C(C)(C)C)cc3Br)n2)c(Br)c1. The predicted molar refractivity (Wildman–Crippen MR) is 128 cm³/mol. The third-order valence-electron chi connectivity index (χ3n) is 4.62. The molecule has 4 nitrogen and oxygen atoms in total. The monoisotopic (exact) mass is 532 g/mol. The van der Waals surface area contributed by atoms with Gasteiger partial charge in [0.1, 0.15) is 11.5 Å². The normalized spacial score (nSPS) is 12.0. The number of aromatic nitrogens is 2. The van der Waals surface area contributed by atoms with E-state index >= 15 is 0 Å². The minimum Gasteiger partial charge on any atom is -0.436 e. The molecule has 0 N–H and O–H groups in total. The van der Waals surface area contributed by atoms with E-state index in [-0.39, 0.29) is 10.8 Å². The smallest absolute Gasteiger partial charge is 0.241 e. The van der Waals surface area contributed by atoms with Crippen LogP contribution in [0.3, 0.4) is 0 Å². The molecule has 0 fully saturated rings. The number of hydrogen-bond acceptors (Lipinski definition) is 4. The Morgan fingerprint density at radius 1 is 0.667 bits per heavy atom. The van der Waals surface area contributed by atoms with Gasteiger partial charge < -0.3 is 9.47 Å². The van der Waals surface area contributed by atoms with Crippen molar-refractivity contribution < 1.29 is 9.47 Å². The highest BCUT2D eigenvalue weighted by Gasteiger charge is 2.17. The first-order valence-corrected chi connectivity index (χ1v) is 11.3. The van der Waals surface area contributed by atoms with Crippen LogP contribution in [0.1, 0.15) is 52.7 Å². The molecule has 6 heteroatoms. The summed E-state index contributed by atoms with van der Waals surface area (Å²) in [6.45, 7) is 13.0. The molecule has 0 saturated carbocycles. The van der Waals surface area contributed by atoms with Crippen LogP contribution in [-0.4, -0.2) is 9.97 Å². The van der Waals surface area contributed by atoms with E-state index in [1.54, 1.807) is 12.4 Å². The molecule has 1 heterocycles. The Hall–Kier alpha value is -1.92.